The van der Waals surface area contributed by atoms with E-state index in [4.69, 9.17) is 0 Å². The van der Waals surface area contributed by atoms with E-state index in [2.05, 4.69) is 49.7 Å². The number of piperidine rings is 1. The minimum Gasteiger partial charge on any atom is -0.337 e. The van der Waals surface area contributed by atoms with Gasteiger partial charge < -0.3 is 9.47 Å². The Morgan fingerprint density at radius 3 is 2.00 bits per heavy atom. The van der Waals surface area contributed by atoms with Gasteiger partial charge >= 0.3 is 0 Å². The molecule has 1 aromatic heterocycles. The van der Waals surface area contributed by atoms with Crippen LogP contribution in [-0.2, 0) is 4.79 Å². The number of likely N-dealkylation sites (tertiary alicyclic amines) is 1. The van der Waals surface area contributed by atoms with Crippen molar-refractivity contribution in [2.75, 3.05) is 0 Å². The van der Waals surface area contributed by atoms with Crippen LogP contribution < -0.4 is 0 Å². The van der Waals surface area contributed by atoms with Gasteiger partial charge in [0.2, 0.25) is 5.91 Å². The van der Waals surface area contributed by atoms with Gasteiger partial charge in [0.05, 0.1) is 0 Å². The fraction of sp³-hybridized carbons (Fsp3) is 0.833. The summed E-state index contributed by atoms with van der Waals surface area (Å²) >= 11 is 0. The Kier molecular flexibility index (Phi) is 4.23. The first kappa shape index (κ1) is 16.5. The van der Waals surface area contributed by atoms with E-state index in [0.29, 0.717) is 35.4 Å². The van der Waals surface area contributed by atoms with Gasteiger partial charge in [-0.2, -0.15) is 0 Å². The highest BCUT2D eigenvalue weighted by Crippen LogP contribution is 2.43. The van der Waals surface area contributed by atoms with Crippen molar-refractivity contribution in [1.82, 2.24) is 19.7 Å². The molecule has 1 unspecified atom stereocenters. The minimum absolute atomic E-state index is 0.179. The van der Waals surface area contributed by atoms with E-state index in [-0.39, 0.29) is 5.92 Å². The Morgan fingerprint density at radius 2 is 1.52 bits per heavy atom. The summed E-state index contributed by atoms with van der Waals surface area (Å²) in [6, 6.07) is 1.10. The van der Waals surface area contributed by atoms with Crippen molar-refractivity contribution < 1.29 is 4.79 Å². The summed E-state index contributed by atoms with van der Waals surface area (Å²) in [6.07, 6.45) is 7.62. The molecule has 5 heteroatoms. The van der Waals surface area contributed by atoms with E-state index in [1.54, 1.807) is 12.7 Å². The normalized spacial score (nSPS) is 35.0. The van der Waals surface area contributed by atoms with E-state index in [9.17, 15) is 4.79 Å². The molecule has 5 nitrogen and oxygen atoms in total. The lowest BCUT2D eigenvalue weighted by Gasteiger charge is -2.49. The third-order valence-electron chi connectivity index (χ3n) is 6.00. The average Bonchev–Trinajstić information content (AvgIpc) is 2.88. The zero-order valence-electron chi connectivity index (χ0n) is 15.1. The van der Waals surface area contributed by atoms with Crippen molar-refractivity contribution in [3.05, 3.63) is 12.7 Å². The average molecular weight is 318 g/mol. The Hall–Kier alpha value is -1.39. The molecule has 128 valence electrons. The number of carbonyl (C=O) groups is 1. The van der Waals surface area contributed by atoms with E-state index in [0.717, 1.165) is 25.7 Å². The van der Waals surface area contributed by atoms with Crippen molar-refractivity contribution in [2.45, 2.75) is 78.4 Å². The van der Waals surface area contributed by atoms with Gasteiger partial charge in [-0.25, -0.2) is 0 Å². The third kappa shape index (κ3) is 3.15. The third-order valence-corrected chi connectivity index (χ3v) is 6.00. The first-order chi connectivity index (χ1) is 10.8. The molecule has 1 saturated carbocycles. The largest absolute Gasteiger partial charge is 0.337 e. The van der Waals surface area contributed by atoms with E-state index < -0.39 is 0 Å². The number of hydrogen-bond acceptors (Lipinski definition) is 3. The maximum absolute atomic E-state index is 13.0. The highest BCUT2D eigenvalue weighted by Gasteiger charge is 2.43. The number of rotatable bonds is 2. The van der Waals surface area contributed by atoms with Crippen LogP contribution in [0.25, 0.3) is 0 Å². The molecule has 0 spiro atoms. The van der Waals surface area contributed by atoms with Crippen LogP contribution in [0.2, 0.25) is 0 Å². The van der Waals surface area contributed by atoms with Gasteiger partial charge in [-0.15, -0.1) is 10.2 Å². The summed E-state index contributed by atoms with van der Waals surface area (Å²) < 4.78 is 2.03. The molecule has 1 aliphatic carbocycles. The standard InChI is InChI=1S/C18H30N4O/c1-12-6-15(18(3,4)5)7-13(2)22(12)17(23)14-8-16(9-14)21-10-19-20-11-21/h10-16H,6-9H2,1-5H3/t12-,13+,14?,15?,16?. The summed E-state index contributed by atoms with van der Waals surface area (Å²) in [6.45, 7) is 11.4. The second kappa shape index (κ2) is 5.91. The predicted molar refractivity (Wildman–Crippen MR) is 89.7 cm³/mol. The maximum Gasteiger partial charge on any atom is 0.226 e. The molecular formula is C18H30N4O. The molecule has 3 atom stereocenters. The SMILES string of the molecule is C[C@@H]1CC(C(C)(C)C)C[C@H](C)N1C(=O)C1CC(n2cnnc2)C1. The van der Waals surface area contributed by atoms with Crippen LogP contribution in [0.5, 0.6) is 0 Å². The van der Waals surface area contributed by atoms with Crippen molar-refractivity contribution >= 4 is 5.91 Å². The Balaban J connectivity index is 1.60. The van der Waals surface area contributed by atoms with Gasteiger partial charge in [-0.3, -0.25) is 4.79 Å². The number of nitrogens with zero attached hydrogens (tertiary/aromatic N) is 4. The second-order valence-electron chi connectivity index (χ2n) is 8.71. The lowest BCUT2D eigenvalue weighted by atomic mass is 9.70. The molecule has 0 N–H and O–H groups in total. The molecule has 0 aromatic carbocycles. The fourth-order valence-corrected chi connectivity index (χ4v) is 4.36. The number of aromatic nitrogens is 3. The Bertz CT molecular complexity index is 530. The van der Waals surface area contributed by atoms with Gasteiger partial charge in [-0.05, 0) is 50.9 Å². The van der Waals surface area contributed by atoms with Crippen LogP contribution in [0.3, 0.4) is 0 Å². The van der Waals surface area contributed by atoms with Crippen molar-refractivity contribution in [1.29, 1.82) is 0 Å². The highest BCUT2D eigenvalue weighted by atomic mass is 16.2. The molecule has 0 bridgehead atoms. The summed E-state index contributed by atoms with van der Waals surface area (Å²) in [5, 5.41) is 7.72. The van der Waals surface area contributed by atoms with Crippen LogP contribution in [0.4, 0.5) is 0 Å². The highest BCUT2D eigenvalue weighted by molar-refractivity contribution is 5.80. The lowest BCUT2D eigenvalue weighted by Crippen LogP contribution is -2.55. The summed E-state index contributed by atoms with van der Waals surface area (Å²) in [5.41, 5.74) is 0.327. The van der Waals surface area contributed by atoms with E-state index >= 15 is 0 Å². The molecule has 1 aromatic rings. The first-order valence-corrected chi connectivity index (χ1v) is 8.93. The molecular weight excluding hydrogens is 288 g/mol. The quantitative estimate of drug-likeness (QED) is 0.841. The summed E-state index contributed by atoms with van der Waals surface area (Å²) in [4.78, 5) is 15.1. The van der Waals surface area contributed by atoms with Crippen LogP contribution in [0.1, 0.15) is 66.3 Å². The molecule has 3 rings (SSSR count). The first-order valence-electron chi connectivity index (χ1n) is 8.93. The molecule has 0 radical (unpaired) electrons. The monoisotopic (exact) mass is 318 g/mol. The van der Waals surface area contributed by atoms with Crippen LogP contribution in [0, 0.1) is 17.3 Å². The summed E-state index contributed by atoms with van der Waals surface area (Å²) in [5.74, 6) is 1.24. The van der Waals surface area contributed by atoms with E-state index in [1.165, 1.54) is 0 Å². The van der Waals surface area contributed by atoms with Crippen LogP contribution in [-0.4, -0.2) is 37.7 Å². The number of carbonyl (C=O) groups excluding carboxylic acids is 1. The predicted octanol–water partition coefficient (Wildman–Crippen LogP) is 3.29. The molecule has 2 fully saturated rings. The Labute approximate surface area is 139 Å². The minimum atomic E-state index is 0.179. The number of amides is 1. The van der Waals surface area contributed by atoms with Gasteiger partial charge in [0.15, 0.2) is 0 Å². The van der Waals surface area contributed by atoms with Crippen molar-refractivity contribution in [3.8, 4) is 0 Å². The van der Waals surface area contributed by atoms with Gasteiger partial charge in [0.1, 0.15) is 12.7 Å². The smallest absolute Gasteiger partial charge is 0.226 e. The van der Waals surface area contributed by atoms with Gasteiger partial charge in [-0.1, -0.05) is 20.8 Å². The molecule has 1 saturated heterocycles. The second-order valence-corrected chi connectivity index (χ2v) is 8.71. The summed E-state index contributed by atoms with van der Waals surface area (Å²) in [7, 11) is 0. The topological polar surface area (TPSA) is 51.0 Å². The van der Waals surface area contributed by atoms with Gasteiger partial charge in [0, 0.05) is 24.0 Å². The molecule has 1 aliphatic heterocycles. The zero-order valence-corrected chi connectivity index (χ0v) is 15.1. The maximum atomic E-state index is 13.0. The van der Waals surface area contributed by atoms with Crippen molar-refractivity contribution in [2.24, 2.45) is 17.3 Å². The van der Waals surface area contributed by atoms with Crippen molar-refractivity contribution in [3.63, 3.8) is 0 Å². The number of hydrogen-bond donors (Lipinski definition) is 0. The molecule has 2 aliphatic rings. The van der Waals surface area contributed by atoms with Crippen LogP contribution >= 0.6 is 0 Å². The fourth-order valence-electron chi connectivity index (χ4n) is 4.36. The lowest BCUT2D eigenvalue weighted by molar-refractivity contribution is -0.148. The molecule has 2 heterocycles. The van der Waals surface area contributed by atoms with Crippen LogP contribution in [0.15, 0.2) is 12.7 Å². The molecule has 23 heavy (non-hydrogen) atoms. The Morgan fingerprint density at radius 1 is 1.00 bits per heavy atom. The molecule has 1 amide bonds. The van der Waals surface area contributed by atoms with Gasteiger partial charge in [0.25, 0.3) is 0 Å². The zero-order chi connectivity index (χ0) is 16.8. The van der Waals surface area contributed by atoms with E-state index in [1.807, 2.05) is 4.57 Å².